The molecular formula is C18H19NO4S. The molecule has 0 radical (unpaired) electrons. The number of hydrogen-bond acceptors (Lipinski definition) is 4. The van der Waals surface area contributed by atoms with Gasteiger partial charge >= 0.3 is 5.97 Å². The van der Waals surface area contributed by atoms with Gasteiger partial charge in [0.25, 0.3) is 0 Å². The molecule has 0 aliphatic heterocycles. The van der Waals surface area contributed by atoms with Crippen molar-refractivity contribution in [2.45, 2.75) is 12.2 Å². The van der Waals surface area contributed by atoms with E-state index in [0.29, 0.717) is 29.1 Å². The Morgan fingerprint density at radius 2 is 1.88 bits per heavy atom. The molecule has 126 valence electrons. The zero-order valence-electron chi connectivity index (χ0n) is 13.4. The van der Waals surface area contributed by atoms with E-state index in [9.17, 15) is 13.8 Å². The van der Waals surface area contributed by atoms with Crippen LogP contribution in [0.5, 0.6) is 0 Å². The Kier molecular flexibility index (Phi) is 6.26. The van der Waals surface area contributed by atoms with Crippen LogP contribution in [0.2, 0.25) is 0 Å². The van der Waals surface area contributed by atoms with Crippen LogP contribution in [-0.2, 0) is 27.7 Å². The van der Waals surface area contributed by atoms with Gasteiger partial charge in [-0.3, -0.25) is 9.00 Å². The van der Waals surface area contributed by atoms with Crippen LogP contribution in [-0.4, -0.2) is 28.9 Å². The molecule has 2 N–H and O–H groups in total. The number of rotatable bonds is 7. The maximum absolute atomic E-state index is 12.3. The smallest absolute Gasteiger partial charge is 0.338 e. The van der Waals surface area contributed by atoms with Gasteiger partial charge in [-0.2, -0.15) is 0 Å². The maximum atomic E-state index is 12.3. The number of ether oxygens (including phenoxy) is 1. The van der Waals surface area contributed by atoms with Crippen molar-refractivity contribution in [1.82, 2.24) is 0 Å². The van der Waals surface area contributed by atoms with Gasteiger partial charge < -0.3 is 10.5 Å². The molecule has 6 heteroatoms. The maximum Gasteiger partial charge on any atom is 0.338 e. The summed E-state index contributed by atoms with van der Waals surface area (Å²) >= 11 is 0. The molecule has 5 nitrogen and oxygen atoms in total. The minimum atomic E-state index is -1.12. The summed E-state index contributed by atoms with van der Waals surface area (Å²) in [4.78, 5) is 22.9. The Morgan fingerprint density at radius 3 is 2.58 bits per heavy atom. The van der Waals surface area contributed by atoms with Crippen molar-refractivity contribution in [3.8, 4) is 0 Å². The molecule has 0 aliphatic rings. The first kappa shape index (κ1) is 17.9. The highest BCUT2D eigenvalue weighted by molar-refractivity contribution is 7.84. The molecule has 0 saturated carbocycles. The van der Waals surface area contributed by atoms with Crippen LogP contribution in [0.15, 0.2) is 48.5 Å². The van der Waals surface area contributed by atoms with E-state index in [4.69, 9.17) is 10.5 Å². The number of carbonyl (C=O) groups excluding carboxylic acids is 2. The number of amides is 1. The third-order valence-electron chi connectivity index (χ3n) is 3.56. The molecule has 0 aliphatic carbocycles. The zero-order valence-corrected chi connectivity index (χ0v) is 14.2. The summed E-state index contributed by atoms with van der Waals surface area (Å²) in [5.74, 6) is -0.156. The van der Waals surface area contributed by atoms with Crippen molar-refractivity contribution < 1.29 is 18.5 Å². The minimum absolute atomic E-state index is 0.335. The highest BCUT2D eigenvalue weighted by Crippen LogP contribution is 2.13. The molecule has 1 atom stereocenters. The Morgan fingerprint density at radius 1 is 1.12 bits per heavy atom. The lowest BCUT2D eigenvalue weighted by molar-refractivity contribution is 0.0599. The lowest BCUT2D eigenvalue weighted by Gasteiger charge is -2.08. The summed E-state index contributed by atoms with van der Waals surface area (Å²) in [6.45, 7) is 0. The third kappa shape index (κ3) is 4.76. The second-order valence-corrected chi connectivity index (χ2v) is 6.83. The van der Waals surface area contributed by atoms with E-state index in [1.54, 1.807) is 30.3 Å². The zero-order chi connectivity index (χ0) is 17.5. The molecule has 1 unspecified atom stereocenters. The molecule has 0 bridgehead atoms. The number of aryl methyl sites for hydroxylation is 1. The summed E-state index contributed by atoms with van der Waals surface area (Å²) < 4.78 is 17.1. The van der Waals surface area contributed by atoms with E-state index in [2.05, 4.69) is 0 Å². The quantitative estimate of drug-likeness (QED) is 0.778. The van der Waals surface area contributed by atoms with Crippen molar-refractivity contribution in [2.75, 3.05) is 12.9 Å². The van der Waals surface area contributed by atoms with E-state index in [1.807, 2.05) is 18.2 Å². The normalized spacial score (nSPS) is 11.7. The van der Waals surface area contributed by atoms with Crippen LogP contribution in [0.3, 0.4) is 0 Å². The average Bonchev–Trinajstić information content (AvgIpc) is 2.59. The lowest BCUT2D eigenvalue weighted by atomic mass is 10.1. The second-order valence-electron chi connectivity index (χ2n) is 5.25. The molecular weight excluding hydrogens is 326 g/mol. The van der Waals surface area contributed by atoms with Gasteiger partial charge in [0.2, 0.25) is 5.91 Å². The number of nitrogens with two attached hydrogens (primary N) is 1. The van der Waals surface area contributed by atoms with E-state index in [-0.39, 0.29) is 0 Å². The molecule has 1 amide bonds. The first-order valence-electron chi connectivity index (χ1n) is 7.41. The first-order chi connectivity index (χ1) is 11.5. The van der Waals surface area contributed by atoms with Gasteiger partial charge in [-0.05, 0) is 35.7 Å². The first-order valence-corrected chi connectivity index (χ1v) is 8.90. The fourth-order valence-corrected chi connectivity index (χ4v) is 3.49. The SMILES string of the molecule is COC(=O)c1ccccc1CCS(=O)Cc1cccc(C(N)=O)c1. The van der Waals surface area contributed by atoms with E-state index in [1.165, 1.54) is 7.11 Å². The Hall–Kier alpha value is -2.47. The van der Waals surface area contributed by atoms with E-state index < -0.39 is 22.7 Å². The van der Waals surface area contributed by atoms with Crippen LogP contribution in [0.25, 0.3) is 0 Å². The highest BCUT2D eigenvalue weighted by Gasteiger charge is 2.12. The molecule has 0 aromatic heterocycles. The molecule has 2 aromatic carbocycles. The average molecular weight is 345 g/mol. The van der Waals surface area contributed by atoms with Crippen LogP contribution >= 0.6 is 0 Å². The Bertz CT molecular complexity index is 773. The molecule has 0 fully saturated rings. The molecule has 2 aromatic rings. The molecule has 2 rings (SSSR count). The van der Waals surface area contributed by atoms with Crippen molar-refractivity contribution in [3.05, 3.63) is 70.8 Å². The van der Waals surface area contributed by atoms with Crippen molar-refractivity contribution in [1.29, 1.82) is 0 Å². The predicted molar refractivity (Wildman–Crippen MR) is 93.2 cm³/mol. The van der Waals surface area contributed by atoms with Gasteiger partial charge in [-0.1, -0.05) is 30.3 Å². The number of hydrogen-bond donors (Lipinski definition) is 1. The number of methoxy groups -OCH3 is 1. The lowest BCUT2D eigenvalue weighted by Crippen LogP contribution is -2.12. The minimum Gasteiger partial charge on any atom is -0.465 e. The van der Waals surface area contributed by atoms with E-state index in [0.717, 1.165) is 11.1 Å². The molecule has 0 spiro atoms. The Labute approximate surface area is 143 Å². The van der Waals surface area contributed by atoms with Crippen molar-refractivity contribution >= 4 is 22.7 Å². The number of primary amides is 1. The van der Waals surface area contributed by atoms with Gasteiger partial charge in [0.15, 0.2) is 0 Å². The van der Waals surface area contributed by atoms with Gasteiger partial charge in [0.05, 0.1) is 12.7 Å². The molecule has 0 heterocycles. The molecule has 24 heavy (non-hydrogen) atoms. The van der Waals surface area contributed by atoms with Gasteiger partial charge in [-0.15, -0.1) is 0 Å². The van der Waals surface area contributed by atoms with Crippen LogP contribution in [0.4, 0.5) is 0 Å². The number of benzene rings is 2. The highest BCUT2D eigenvalue weighted by atomic mass is 32.2. The summed E-state index contributed by atoms with van der Waals surface area (Å²) in [5, 5.41) is 0. The fraction of sp³-hybridized carbons (Fsp3) is 0.222. The topological polar surface area (TPSA) is 86.5 Å². The number of esters is 1. The fourth-order valence-electron chi connectivity index (χ4n) is 2.34. The summed E-state index contributed by atoms with van der Waals surface area (Å²) in [7, 11) is 0.216. The standard InChI is InChI=1S/C18H19NO4S/c1-23-18(21)16-8-3-2-6-14(16)9-10-24(22)12-13-5-4-7-15(11-13)17(19)20/h2-8,11H,9-10,12H2,1H3,(H2,19,20). The summed E-state index contributed by atoms with van der Waals surface area (Å²) in [6, 6.07) is 13.9. The largest absolute Gasteiger partial charge is 0.465 e. The predicted octanol–water partition coefficient (Wildman–Crippen LogP) is 2.06. The second kappa shape index (κ2) is 8.40. The molecule has 0 saturated heterocycles. The third-order valence-corrected chi connectivity index (χ3v) is 4.88. The summed E-state index contributed by atoms with van der Waals surface area (Å²) in [5.41, 5.74) is 7.75. The number of carbonyl (C=O) groups is 2. The van der Waals surface area contributed by atoms with Gasteiger partial charge in [-0.25, -0.2) is 4.79 Å². The van der Waals surface area contributed by atoms with Crippen molar-refractivity contribution in [2.24, 2.45) is 5.73 Å². The monoisotopic (exact) mass is 345 g/mol. The summed E-state index contributed by atoms with van der Waals surface area (Å²) in [6.07, 6.45) is 0.507. The van der Waals surface area contributed by atoms with Crippen LogP contribution in [0, 0.1) is 0 Å². The van der Waals surface area contributed by atoms with Crippen LogP contribution < -0.4 is 5.73 Å². The van der Waals surface area contributed by atoms with E-state index >= 15 is 0 Å². The Balaban J connectivity index is 2.00. The van der Waals surface area contributed by atoms with Gasteiger partial charge in [0, 0.05) is 27.9 Å². The van der Waals surface area contributed by atoms with Crippen molar-refractivity contribution in [3.63, 3.8) is 0 Å². The van der Waals surface area contributed by atoms with Gasteiger partial charge in [0.1, 0.15) is 0 Å². The van der Waals surface area contributed by atoms with Crippen LogP contribution in [0.1, 0.15) is 31.8 Å².